The van der Waals surface area contributed by atoms with E-state index in [0.717, 1.165) is 19.3 Å². The number of urea groups is 1. The molecule has 328 valence electrons. The predicted molar refractivity (Wildman–Crippen MR) is 210 cm³/mol. The zero-order chi connectivity index (χ0) is 44.4. The third kappa shape index (κ3) is 16.1. The van der Waals surface area contributed by atoms with Crippen molar-refractivity contribution >= 4 is 58.5 Å². The Morgan fingerprint density at radius 3 is 1.90 bits per heavy atom. The highest BCUT2D eigenvalue weighted by Gasteiger charge is 2.33. The van der Waals surface area contributed by atoms with Crippen LogP contribution < -0.4 is 36.6 Å². The van der Waals surface area contributed by atoms with Crippen LogP contribution in [0.2, 0.25) is 0 Å². The molecule has 21 nitrogen and oxygen atoms in total. The van der Waals surface area contributed by atoms with Gasteiger partial charge in [-0.3, -0.25) is 24.0 Å². The van der Waals surface area contributed by atoms with E-state index in [0.29, 0.717) is 34.6 Å². The summed E-state index contributed by atoms with van der Waals surface area (Å²) in [5.74, 6) is -8.33. The maximum Gasteiger partial charge on any atom is 0.328 e. The number of H-pyrrole nitrogens is 1. The summed E-state index contributed by atoms with van der Waals surface area (Å²) in [6, 6.07) is -2.97. The molecular formula is C38H57N7O14. The van der Waals surface area contributed by atoms with Crippen molar-refractivity contribution in [1.29, 1.82) is 0 Å². The van der Waals surface area contributed by atoms with Gasteiger partial charge in [0.15, 0.2) is 6.10 Å². The lowest BCUT2D eigenvalue weighted by molar-refractivity contribution is -0.144. The topological polar surface area (TPSA) is 335 Å². The molecule has 2 rings (SSSR count). The summed E-state index contributed by atoms with van der Waals surface area (Å²) in [5.41, 5.74) is 1.04. The Hall–Kier alpha value is -5.96. The molecule has 21 heteroatoms. The Labute approximate surface area is 340 Å². The number of carbonyl (C=O) groups excluding carboxylic acids is 5. The summed E-state index contributed by atoms with van der Waals surface area (Å²) < 4.78 is 5.37. The average molecular weight is 836 g/mol. The molecule has 1 aromatic heterocycles. The molecule has 6 amide bonds. The van der Waals surface area contributed by atoms with Gasteiger partial charge in [-0.2, -0.15) is 0 Å². The monoisotopic (exact) mass is 835 g/mol. The fourth-order valence-corrected chi connectivity index (χ4v) is 6.53. The van der Waals surface area contributed by atoms with Crippen LogP contribution in [-0.4, -0.2) is 135 Å². The van der Waals surface area contributed by atoms with Crippen molar-refractivity contribution in [2.45, 2.75) is 96.5 Å². The van der Waals surface area contributed by atoms with Gasteiger partial charge in [0, 0.05) is 36.0 Å². The minimum atomic E-state index is -2.04. The van der Waals surface area contributed by atoms with Gasteiger partial charge in [0.25, 0.3) is 5.91 Å². The molecule has 0 bridgehead atoms. The highest BCUT2D eigenvalue weighted by molar-refractivity contribution is 5.96. The lowest BCUT2D eigenvalue weighted by atomic mass is 9.87. The highest BCUT2D eigenvalue weighted by atomic mass is 16.5. The first kappa shape index (κ1) is 49.2. The third-order valence-corrected chi connectivity index (χ3v) is 9.47. The van der Waals surface area contributed by atoms with E-state index in [-0.39, 0.29) is 12.3 Å². The van der Waals surface area contributed by atoms with Gasteiger partial charge in [0.05, 0.1) is 26.7 Å². The van der Waals surface area contributed by atoms with Crippen LogP contribution in [0.15, 0.2) is 24.4 Å². The van der Waals surface area contributed by atoms with E-state index in [4.69, 9.17) is 4.74 Å². The molecule has 0 aliphatic heterocycles. The second-order valence-corrected chi connectivity index (χ2v) is 14.6. The number of amides is 6. The fraction of sp³-hybridized carbons (Fsp3) is 0.579. The van der Waals surface area contributed by atoms with E-state index in [9.17, 15) is 63.9 Å². The first-order chi connectivity index (χ1) is 27.8. The van der Waals surface area contributed by atoms with Crippen LogP contribution >= 0.6 is 0 Å². The van der Waals surface area contributed by atoms with Crippen LogP contribution in [0.1, 0.15) is 65.4 Å². The average Bonchev–Trinajstić information content (AvgIpc) is 3.59. The minimum Gasteiger partial charge on any atom is -0.496 e. The Kier molecular flexibility index (Phi) is 20.1. The van der Waals surface area contributed by atoms with Gasteiger partial charge in [-0.25, -0.2) is 14.4 Å². The number of rotatable bonds is 26. The lowest BCUT2D eigenvalue weighted by Gasteiger charge is -2.25. The zero-order valence-corrected chi connectivity index (χ0v) is 33.7. The number of aliphatic carboxylic acids is 3. The number of carboxylic acids is 3. The van der Waals surface area contributed by atoms with Crippen LogP contribution in [0.5, 0.6) is 5.75 Å². The number of hydrogen-bond donors (Lipinski definition) is 12. The smallest absolute Gasteiger partial charge is 0.328 e. The number of nitrogens with one attached hydrogen (secondary N) is 7. The molecular weight excluding hydrogens is 778 g/mol. The van der Waals surface area contributed by atoms with Crippen LogP contribution in [-0.2, 0) is 40.0 Å². The molecule has 0 radical (unpaired) electrons. The minimum absolute atomic E-state index is 0.199. The molecule has 0 aliphatic rings. The van der Waals surface area contributed by atoms with Crippen LogP contribution in [0.25, 0.3) is 10.9 Å². The molecule has 59 heavy (non-hydrogen) atoms. The van der Waals surface area contributed by atoms with Crippen molar-refractivity contribution in [2.24, 2.45) is 17.8 Å². The van der Waals surface area contributed by atoms with E-state index in [1.165, 1.54) is 13.3 Å². The van der Waals surface area contributed by atoms with Crippen molar-refractivity contribution in [3.05, 3.63) is 30.0 Å². The van der Waals surface area contributed by atoms with Gasteiger partial charge in [0.1, 0.15) is 29.9 Å². The number of methoxy groups -OCH3 is 1. The number of aromatic nitrogens is 1. The van der Waals surface area contributed by atoms with Gasteiger partial charge in [-0.15, -0.1) is 0 Å². The number of fused-ring (bicyclic) bond motifs is 1. The van der Waals surface area contributed by atoms with E-state index in [1.54, 1.807) is 25.1 Å². The number of carbonyl (C=O) groups is 8. The number of aliphatic hydroxyl groups excluding tert-OH is 2. The highest BCUT2D eigenvalue weighted by Crippen LogP contribution is 2.29. The molecule has 0 fully saturated rings. The number of hydrogen-bond acceptors (Lipinski definition) is 11. The van der Waals surface area contributed by atoms with Crippen molar-refractivity contribution in [2.75, 3.05) is 26.8 Å². The molecule has 1 aromatic carbocycles. The van der Waals surface area contributed by atoms with Crippen LogP contribution in [0, 0.1) is 17.8 Å². The maximum atomic E-state index is 13.4. The number of aliphatic hydroxyl groups is 2. The summed E-state index contributed by atoms with van der Waals surface area (Å²) in [5, 5.41) is 61.9. The summed E-state index contributed by atoms with van der Waals surface area (Å²) in [6.07, 6.45) is 1.61. The van der Waals surface area contributed by atoms with Gasteiger partial charge in [0.2, 0.25) is 17.7 Å². The summed E-state index contributed by atoms with van der Waals surface area (Å²) >= 11 is 0. The van der Waals surface area contributed by atoms with Crippen LogP contribution in [0.3, 0.4) is 0 Å². The van der Waals surface area contributed by atoms with E-state index < -0.39 is 110 Å². The van der Waals surface area contributed by atoms with E-state index in [2.05, 4.69) is 45.4 Å². The largest absolute Gasteiger partial charge is 0.496 e. The lowest BCUT2D eigenvalue weighted by Crippen LogP contribution is -2.60. The quantitative estimate of drug-likeness (QED) is 0.0566. The molecule has 0 saturated heterocycles. The molecule has 0 spiro atoms. The Bertz CT molecular complexity index is 1790. The Morgan fingerprint density at radius 2 is 1.32 bits per heavy atom. The molecule has 0 saturated carbocycles. The second-order valence-electron chi connectivity index (χ2n) is 14.6. The van der Waals surface area contributed by atoms with E-state index >= 15 is 0 Å². The van der Waals surface area contributed by atoms with Gasteiger partial charge in [-0.05, 0) is 42.4 Å². The van der Waals surface area contributed by atoms with Gasteiger partial charge in [-0.1, -0.05) is 46.6 Å². The molecule has 0 aliphatic carbocycles. The molecule has 8 unspecified atom stereocenters. The van der Waals surface area contributed by atoms with Crippen molar-refractivity contribution in [3.8, 4) is 5.75 Å². The third-order valence-electron chi connectivity index (χ3n) is 9.47. The summed E-state index contributed by atoms with van der Waals surface area (Å²) in [6.45, 7) is 5.42. The first-order valence-corrected chi connectivity index (χ1v) is 19.1. The Morgan fingerprint density at radius 1 is 0.746 bits per heavy atom. The van der Waals surface area contributed by atoms with Crippen LogP contribution in [0.4, 0.5) is 4.79 Å². The number of aromatic amines is 1. The van der Waals surface area contributed by atoms with Crippen molar-refractivity contribution in [1.82, 2.24) is 36.9 Å². The number of benzene rings is 1. The molecule has 2 aromatic rings. The zero-order valence-electron chi connectivity index (χ0n) is 33.7. The normalized spacial score (nSPS) is 15.2. The fourth-order valence-electron chi connectivity index (χ4n) is 6.53. The van der Waals surface area contributed by atoms with Gasteiger partial charge < -0.3 is 67.2 Å². The van der Waals surface area contributed by atoms with E-state index in [1.807, 2.05) is 12.2 Å². The maximum absolute atomic E-state index is 13.4. The van der Waals surface area contributed by atoms with Gasteiger partial charge >= 0.3 is 23.9 Å². The van der Waals surface area contributed by atoms with Crippen molar-refractivity contribution < 1.29 is 68.6 Å². The predicted octanol–water partition coefficient (Wildman–Crippen LogP) is -0.557. The number of carboxylic acid groups (broad SMARTS) is 3. The summed E-state index contributed by atoms with van der Waals surface area (Å²) in [7, 11) is 1.42. The standard InChI is InChI=1S/C38H57N7O14/c1-6-8-19(2)11-20(3)12-21(4)32(50)45-27(37(56)57)17-41-38(58)40-16-26(44-35(53)28(47)18-46)34(52)42-24(14-30(48)49)33(51)43-25(36(54)55)13-22-15-39-23-9-7-10-29(59-5)31(22)23/h7,9-10,15,19-21,24-28,39,46-47H,6,8,11-14,16-18H2,1-5H3,(H,42,52)(H,43,51)(H,44,53)(H,45,50)(H,48,49)(H,54,55)(H,56,57)(H2,40,41,58). The number of ether oxygens (including phenoxy) is 1. The molecule has 8 atom stereocenters. The molecule has 12 N–H and O–H groups in total. The SMILES string of the molecule is CCCC(C)CC(C)CC(C)C(=O)NC(CNC(=O)NCC(NC(=O)C(O)CO)C(=O)NC(CC(=O)O)C(=O)NC(Cc1c[nH]c2cccc(OC)c12)C(=O)O)C(=O)O. The second kappa shape index (κ2) is 24.1. The first-order valence-electron chi connectivity index (χ1n) is 19.1. The van der Waals surface area contributed by atoms with Crippen molar-refractivity contribution in [3.63, 3.8) is 0 Å². The Balaban J connectivity index is 2.15. The summed E-state index contributed by atoms with van der Waals surface area (Å²) in [4.78, 5) is 104. The molecule has 1 heterocycles.